The van der Waals surface area contributed by atoms with Gasteiger partial charge in [-0.3, -0.25) is 0 Å². The first kappa shape index (κ1) is 20.8. The number of benzene rings is 2. The second kappa shape index (κ2) is 10.1. The Morgan fingerprint density at radius 1 is 0.933 bits per heavy atom. The molecule has 1 aliphatic heterocycles. The summed E-state index contributed by atoms with van der Waals surface area (Å²) in [4.78, 5) is 0. The molecule has 0 spiro atoms. The van der Waals surface area contributed by atoms with Crippen LogP contribution < -0.4 is 14.8 Å². The molecule has 3 unspecified atom stereocenters. The first-order chi connectivity index (χ1) is 14.8. The van der Waals surface area contributed by atoms with E-state index >= 15 is 0 Å². The quantitative estimate of drug-likeness (QED) is 0.333. The zero-order chi connectivity index (χ0) is 20.8. The van der Waals surface area contributed by atoms with E-state index in [0.717, 1.165) is 30.9 Å². The van der Waals surface area contributed by atoms with Gasteiger partial charge in [-0.25, -0.2) is 0 Å². The predicted octanol–water partition coefficient (Wildman–Crippen LogP) is 7.26. The van der Waals surface area contributed by atoms with Crippen LogP contribution >= 0.6 is 0 Å². The van der Waals surface area contributed by atoms with E-state index in [1.165, 1.54) is 42.5 Å². The third-order valence-corrected chi connectivity index (χ3v) is 6.40. The summed E-state index contributed by atoms with van der Waals surface area (Å²) < 4.78 is 12.0. The van der Waals surface area contributed by atoms with Crippen LogP contribution in [0.4, 0.5) is 5.69 Å². The molecule has 0 amide bonds. The summed E-state index contributed by atoms with van der Waals surface area (Å²) in [5.74, 6) is 2.92. The first-order valence-electron chi connectivity index (χ1n) is 11.7. The molecule has 2 aromatic rings. The Morgan fingerprint density at radius 2 is 1.80 bits per heavy atom. The Hall–Kier alpha value is -2.42. The topological polar surface area (TPSA) is 30.5 Å². The Kier molecular flexibility index (Phi) is 6.99. The minimum atomic E-state index is 0.255. The van der Waals surface area contributed by atoms with Crippen LogP contribution in [0.15, 0.2) is 54.6 Å². The fourth-order valence-corrected chi connectivity index (χ4v) is 4.89. The minimum Gasteiger partial charge on any atom is -0.494 e. The van der Waals surface area contributed by atoms with Gasteiger partial charge in [-0.15, -0.1) is 0 Å². The van der Waals surface area contributed by atoms with Gasteiger partial charge in [0.1, 0.15) is 11.5 Å². The van der Waals surface area contributed by atoms with Crippen LogP contribution in [0, 0.1) is 5.92 Å². The van der Waals surface area contributed by atoms with Gasteiger partial charge in [-0.2, -0.15) is 0 Å². The summed E-state index contributed by atoms with van der Waals surface area (Å²) >= 11 is 0. The highest BCUT2D eigenvalue weighted by molar-refractivity contribution is 5.62. The van der Waals surface area contributed by atoms with E-state index in [0.29, 0.717) is 18.4 Å². The van der Waals surface area contributed by atoms with Crippen molar-refractivity contribution < 1.29 is 9.47 Å². The smallest absolute Gasteiger partial charge is 0.124 e. The fraction of sp³-hybridized carbons (Fsp3) is 0.481. The average molecular weight is 406 g/mol. The van der Waals surface area contributed by atoms with Crippen LogP contribution in [0.1, 0.15) is 75.5 Å². The van der Waals surface area contributed by atoms with Gasteiger partial charge in [0.2, 0.25) is 0 Å². The van der Waals surface area contributed by atoms with Gasteiger partial charge >= 0.3 is 0 Å². The molecule has 0 aromatic heterocycles. The normalized spacial score (nSPS) is 21.6. The van der Waals surface area contributed by atoms with E-state index in [-0.39, 0.29) is 6.04 Å². The molecule has 3 atom stereocenters. The van der Waals surface area contributed by atoms with Crippen molar-refractivity contribution in [2.24, 2.45) is 5.92 Å². The maximum Gasteiger partial charge on any atom is 0.124 e. The molecule has 0 saturated carbocycles. The lowest BCUT2D eigenvalue weighted by Crippen LogP contribution is -2.29. The van der Waals surface area contributed by atoms with Crippen LogP contribution in [0.5, 0.6) is 11.5 Å². The maximum atomic E-state index is 6.09. The molecule has 0 saturated heterocycles. The Balaban J connectivity index is 1.50. The summed E-state index contributed by atoms with van der Waals surface area (Å²) in [6.07, 6.45) is 12.1. The lowest BCUT2D eigenvalue weighted by atomic mass is 9.77. The van der Waals surface area contributed by atoms with E-state index in [1.54, 1.807) is 0 Å². The van der Waals surface area contributed by atoms with Gasteiger partial charge < -0.3 is 14.8 Å². The van der Waals surface area contributed by atoms with E-state index < -0.39 is 0 Å². The minimum absolute atomic E-state index is 0.255. The Bertz CT molecular complexity index is 860. The van der Waals surface area contributed by atoms with Crippen molar-refractivity contribution in [1.82, 2.24) is 0 Å². The molecular weight excluding hydrogens is 370 g/mol. The molecule has 30 heavy (non-hydrogen) atoms. The highest BCUT2D eigenvalue weighted by Crippen LogP contribution is 2.51. The zero-order valence-corrected chi connectivity index (χ0v) is 18.4. The van der Waals surface area contributed by atoms with Gasteiger partial charge in [-0.05, 0) is 55.5 Å². The number of ether oxygens (including phenoxy) is 2. The van der Waals surface area contributed by atoms with Crippen molar-refractivity contribution >= 4 is 5.69 Å². The SMILES string of the molecule is CCCCCCCOc1ccc2c(c1)C1C=CCC1C(c1ccccc1OCC)N2. The monoisotopic (exact) mass is 405 g/mol. The summed E-state index contributed by atoms with van der Waals surface area (Å²) in [6.45, 7) is 5.80. The lowest BCUT2D eigenvalue weighted by Gasteiger charge is -2.38. The number of anilines is 1. The molecule has 0 radical (unpaired) electrons. The van der Waals surface area contributed by atoms with Crippen molar-refractivity contribution in [3.8, 4) is 11.5 Å². The third kappa shape index (κ3) is 4.50. The van der Waals surface area contributed by atoms with Crippen LogP contribution in [0.25, 0.3) is 0 Å². The second-order valence-corrected chi connectivity index (χ2v) is 8.46. The average Bonchev–Trinajstić information content (AvgIpc) is 3.27. The van der Waals surface area contributed by atoms with Gasteiger partial charge in [0.15, 0.2) is 0 Å². The number of para-hydroxylation sites is 1. The lowest BCUT2D eigenvalue weighted by molar-refractivity contribution is 0.303. The van der Waals surface area contributed by atoms with E-state index in [2.05, 4.69) is 66.9 Å². The summed E-state index contributed by atoms with van der Waals surface area (Å²) in [7, 11) is 0. The largest absolute Gasteiger partial charge is 0.494 e. The standard InChI is InChI=1S/C27H35NO2/c1-3-5-6-7-10-18-30-20-16-17-25-24(19-20)21-13-11-14-22(21)27(28-25)23-12-8-9-15-26(23)29-4-2/h8-9,11-13,15-17,19,21-22,27-28H,3-7,10,14,18H2,1-2H3. The molecule has 2 aromatic carbocycles. The number of nitrogens with one attached hydrogen (secondary N) is 1. The molecule has 160 valence electrons. The highest BCUT2D eigenvalue weighted by Gasteiger charge is 2.39. The number of unbranched alkanes of at least 4 members (excludes halogenated alkanes) is 4. The molecular formula is C27H35NO2. The molecule has 3 heteroatoms. The molecule has 4 rings (SSSR count). The summed E-state index contributed by atoms with van der Waals surface area (Å²) in [5, 5.41) is 3.83. The van der Waals surface area contributed by atoms with Gasteiger partial charge in [-0.1, -0.05) is 63.0 Å². The van der Waals surface area contributed by atoms with E-state index in [4.69, 9.17) is 9.47 Å². The van der Waals surface area contributed by atoms with E-state index in [9.17, 15) is 0 Å². The summed E-state index contributed by atoms with van der Waals surface area (Å²) in [5.41, 5.74) is 3.84. The first-order valence-corrected chi connectivity index (χ1v) is 11.7. The third-order valence-electron chi connectivity index (χ3n) is 6.40. The van der Waals surface area contributed by atoms with Gasteiger partial charge in [0, 0.05) is 17.2 Å². The van der Waals surface area contributed by atoms with Gasteiger partial charge in [0.25, 0.3) is 0 Å². The number of allylic oxidation sites excluding steroid dienone is 2. The van der Waals surface area contributed by atoms with Crippen LogP contribution in [-0.4, -0.2) is 13.2 Å². The van der Waals surface area contributed by atoms with Crippen LogP contribution in [0.3, 0.4) is 0 Å². The van der Waals surface area contributed by atoms with Crippen molar-refractivity contribution in [3.63, 3.8) is 0 Å². The Labute approximate surface area is 181 Å². The predicted molar refractivity (Wildman–Crippen MR) is 125 cm³/mol. The molecule has 1 aliphatic carbocycles. The molecule has 1 N–H and O–H groups in total. The van der Waals surface area contributed by atoms with Crippen LogP contribution in [0.2, 0.25) is 0 Å². The number of fused-ring (bicyclic) bond motifs is 3. The number of rotatable bonds is 10. The second-order valence-electron chi connectivity index (χ2n) is 8.46. The van der Waals surface area contributed by atoms with Crippen molar-refractivity contribution in [2.75, 3.05) is 18.5 Å². The molecule has 0 fully saturated rings. The van der Waals surface area contributed by atoms with Gasteiger partial charge in [0.05, 0.1) is 19.3 Å². The molecule has 2 aliphatic rings. The molecule has 1 heterocycles. The fourth-order valence-electron chi connectivity index (χ4n) is 4.89. The number of hydrogen-bond donors (Lipinski definition) is 1. The van der Waals surface area contributed by atoms with Crippen LogP contribution in [-0.2, 0) is 0 Å². The number of hydrogen-bond acceptors (Lipinski definition) is 3. The van der Waals surface area contributed by atoms with Crippen molar-refractivity contribution in [2.45, 2.75) is 64.3 Å². The summed E-state index contributed by atoms with van der Waals surface area (Å²) in [6, 6.07) is 15.3. The Morgan fingerprint density at radius 3 is 2.67 bits per heavy atom. The molecule has 3 nitrogen and oxygen atoms in total. The van der Waals surface area contributed by atoms with E-state index in [1.807, 2.05) is 6.92 Å². The van der Waals surface area contributed by atoms with Crippen molar-refractivity contribution in [1.29, 1.82) is 0 Å². The molecule has 0 bridgehead atoms. The highest BCUT2D eigenvalue weighted by atomic mass is 16.5. The van der Waals surface area contributed by atoms with Crippen molar-refractivity contribution in [3.05, 3.63) is 65.7 Å². The zero-order valence-electron chi connectivity index (χ0n) is 18.4. The maximum absolute atomic E-state index is 6.09.